The molecule has 1 aliphatic rings. The van der Waals surface area contributed by atoms with Crippen molar-refractivity contribution in [1.82, 2.24) is 4.90 Å². The monoisotopic (exact) mass is 339 g/mol. The number of amides is 1. The summed E-state index contributed by atoms with van der Waals surface area (Å²) in [6, 6.07) is 3.99. The molecule has 1 amide bonds. The van der Waals surface area contributed by atoms with E-state index in [1.54, 1.807) is 12.0 Å². The van der Waals surface area contributed by atoms with Crippen molar-refractivity contribution in [3.63, 3.8) is 0 Å². The van der Waals surface area contributed by atoms with E-state index in [1.165, 1.54) is 0 Å². The number of rotatable bonds is 2. The van der Waals surface area contributed by atoms with Gasteiger partial charge in [0.05, 0.1) is 7.11 Å². The van der Waals surface area contributed by atoms with Gasteiger partial charge in [0.2, 0.25) is 0 Å². The minimum atomic E-state index is -0.457. The van der Waals surface area contributed by atoms with E-state index in [0.717, 1.165) is 34.7 Å². The van der Waals surface area contributed by atoms with Gasteiger partial charge in [0.25, 0.3) is 0 Å². The Bertz CT molecular complexity index is 572. The maximum Gasteiger partial charge on any atom is 0.410 e. The van der Waals surface area contributed by atoms with Crippen LogP contribution in [0, 0.1) is 6.92 Å². The molecule has 0 aromatic heterocycles. The van der Waals surface area contributed by atoms with Gasteiger partial charge in [0.15, 0.2) is 0 Å². The maximum atomic E-state index is 12.1. The molecule has 0 N–H and O–H groups in total. The molecule has 1 aromatic rings. The van der Waals surface area contributed by atoms with Crippen molar-refractivity contribution in [3.05, 3.63) is 28.3 Å². The van der Waals surface area contributed by atoms with Crippen molar-refractivity contribution >= 4 is 17.7 Å². The predicted molar refractivity (Wildman–Crippen MR) is 92.5 cm³/mol. The van der Waals surface area contributed by atoms with E-state index in [2.05, 4.69) is 0 Å². The molecule has 1 heterocycles. The summed E-state index contributed by atoms with van der Waals surface area (Å²) in [5.41, 5.74) is 1.69. The highest BCUT2D eigenvalue weighted by atomic mass is 35.5. The summed E-state index contributed by atoms with van der Waals surface area (Å²) in [6.07, 6.45) is 1.54. The molecule has 5 heteroatoms. The zero-order valence-electron chi connectivity index (χ0n) is 14.6. The van der Waals surface area contributed by atoms with Crippen LogP contribution in [0.1, 0.15) is 50.7 Å². The molecule has 0 spiro atoms. The Hall–Kier alpha value is -1.42. The van der Waals surface area contributed by atoms with Crippen LogP contribution < -0.4 is 4.74 Å². The highest BCUT2D eigenvalue weighted by Gasteiger charge is 2.28. The molecule has 1 aromatic carbocycles. The van der Waals surface area contributed by atoms with Crippen molar-refractivity contribution < 1.29 is 14.3 Å². The van der Waals surface area contributed by atoms with Gasteiger partial charge in [-0.3, -0.25) is 0 Å². The Morgan fingerprint density at radius 1 is 1.26 bits per heavy atom. The van der Waals surface area contributed by atoms with Gasteiger partial charge < -0.3 is 14.4 Å². The minimum Gasteiger partial charge on any atom is -0.496 e. The van der Waals surface area contributed by atoms with Crippen LogP contribution in [0.2, 0.25) is 5.02 Å². The molecule has 4 nitrogen and oxygen atoms in total. The highest BCUT2D eigenvalue weighted by molar-refractivity contribution is 6.31. The smallest absolute Gasteiger partial charge is 0.410 e. The first-order valence-corrected chi connectivity index (χ1v) is 8.41. The minimum absolute atomic E-state index is 0.232. The Labute approximate surface area is 143 Å². The highest BCUT2D eigenvalue weighted by Crippen LogP contribution is 2.37. The fraction of sp³-hybridized carbons (Fsp3) is 0.611. The second-order valence-electron chi connectivity index (χ2n) is 7.09. The third-order valence-electron chi connectivity index (χ3n) is 4.10. The number of nitrogens with zero attached hydrogens (tertiary/aromatic N) is 1. The first kappa shape index (κ1) is 17.9. The molecule has 1 saturated heterocycles. The standard InChI is InChI=1S/C18H26ClNO3/c1-12-10-16(22-5)14(11-15(12)19)13-6-8-20(9-7-13)17(21)23-18(2,3)4/h10-11,13H,6-9H2,1-5H3. The van der Waals surface area contributed by atoms with Crippen molar-refractivity contribution in [1.29, 1.82) is 0 Å². The normalized spacial score (nSPS) is 16.3. The average Bonchev–Trinajstić information content (AvgIpc) is 2.48. The van der Waals surface area contributed by atoms with Crippen LogP contribution in [-0.4, -0.2) is 36.8 Å². The zero-order chi connectivity index (χ0) is 17.2. The van der Waals surface area contributed by atoms with E-state index >= 15 is 0 Å². The van der Waals surface area contributed by atoms with Crippen molar-refractivity contribution in [2.45, 2.75) is 52.1 Å². The molecule has 0 aliphatic carbocycles. The fourth-order valence-corrected chi connectivity index (χ4v) is 3.04. The number of hydrogen-bond acceptors (Lipinski definition) is 3. The summed E-state index contributed by atoms with van der Waals surface area (Å²) >= 11 is 6.27. The summed E-state index contributed by atoms with van der Waals surface area (Å²) in [5, 5.41) is 0.760. The zero-order valence-corrected chi connectivity index (χ0v) is 15.4. The van der Waals surface area contributed by atoms with E-state index in [4.69, 9.17) is 21.1 Å². The molecule has 0 atom stereocenters. The lowest BCUT2D eigenvalue weighted by Gasteiger charge is -2.34. The van der Waals surface area contributed by atoms with Crippen LogP contribution in [0.4, 0.5) is 4.79 Å². The molecule has 128 valence electrons. The van der Waals surface area contributed by atoms with E-state index in [9.17, 15) is 4.79 Å². The number of likely N-dealkylation sites (tertiary alicyclic amines) is 1. The predicted octanol–water partition coefficient (Wildman–Crippen LogP) is 4.77. The number of halogens is 1. The SMILES string of the molecule is COc1cc(C)c(Cl)cc1C1CCN(C(=O)OC(C)(C)C)CC1. The Kier molecular flexibility index (Phi) is 5.45. The summed E-state index contributed by atoms with van der Waals surface area (Å²) in [4.78, 5) is 13.9. The third-order valence-corrected chi connectivity index (χ3v) is 4.50. The van der Waals surface area contributed by atoms with Crippen LogP contribution >= 0.6 is 11.6 Å². The maximum absolute atomic E-state index is 12.1. The van der Waals surface area contributed by atoms with Crippen LogP contribution in [-0.2, 0) is 4.74 Å². The van der Waals surface area contributed by atoms with Crippen LogP contribution in [0.3, 0.4) is 0 Å². The molecule has 0 unspecified atom stereocenters. The summed E-state index contributed by atoms with van der Waals surface area (Å²) < 4.78 is 10.9. The van der Waals surface area contributed by atoms with E-state index in [1.807, 2.05) is 39.8 Å². The van der Waals surface area contributed by atoms with Gasteiger partial charge in [-0.2, -0.15) is 0 Å². The van der Waals surface area contributed by atoms with Gasteiger partial charge in [-0.25, -0.2) is 4.79 Å². The van der Waals surface area contributed by atoms with Crippen LogP contribution in [0.15, 0.2) is 12.1 Å². The molecule has 0 radical (unpaired) electrons. The molecular weight excluding hydrogens is 314 g/mol. The fourth-order valence-electron chi connectivity index (χ4n) is 2.87. The van der Waals surface area contributed by atoms with Crippen molar-refractivity contribution in [2.75, 3.05) is 20.2 Å². The van der Waals surface area contributed by atoms with Gasteiger partial charge >= 0.3 is 6.09 Å². The van der Waals surface area contributed by atoms with Crippen LogP contribution in [0.25, 0.3) is 0 Å². The third kappa shape index (κ3) is 4.54. The van der Waals surface area contributed by atoms with E-state index < -0.39 is 5.60 Å². The van der Waals surface area contributed by atoms with E-state index in [0.29, 0.717) is 19.0 Å². The largest absolute Gasteiger partial charge is 0.496 e. The molecule has 1 fully saturated rings. The van der Waals surface area contributed by atoms with Gasteiger partial charge in [-0.1, -0.05) is 11.6 Å². The number of ether oxygens (including phenoxy) is 2. The second-order valence-corrected chi connectivity index (χ2v) is 7.49. The molecule has 23 heavy (non-hydrogen) atoms. The number of aryl methyl sites for hydroxylation is 1. The van der Waals surface area contributed by atoms with Gasteiger partial charge in [0.1, 0.15) is 11.4 Å². The number of benzene rings is 1. The summed E-state index contributed by atoms with van der Waals surface area (Å²) in [6.45, 7) is 9.01. The lowest BCUT2D eigenvalue weighted by atomic mass is 9.88. The quantitative estimate of drug-likeness (QED) is 0.779. The first-order chi connectivity index (χ1) is 10.7. The number of methoxy groups -OCH3 is 1. The van der Waals surface area contributed by atoms with E-state index in [-0.39, 0.29) is 6.09 Å². The molecular formula is C18H26ClNO3. The number of hydrogen-bond donors (Lipinski definition) is 0. The number of piperidine rings is 1. The second kappa shape index (κ2) is 7.00. The van der Waals surface area contributed by atoms with Gasteiger partial charge in [0, 0.05) is 18.1 Å². The van der Waals surface area contributed by atoms with Gasteiger partial charge in [-0.15, -0.1) is 0 Å². The Morgan fingerprint density at radius 2 is 1.87 bits per heavy atom. The lowest BCUT2D eigenvalue weighted by molar-refractivity contribution is 0.0204. The molecule has 0 bridgehead atoms. The summed E-state index contributed by atoms with van der Waals surface area (Å²) in [7, 11) is 1.68. The molecule has 0 saturated carbocycles. The lowest BCUT2D eigenvalue weighted by Crippen LogP contribution is -2.41. The average molecular weight is 340 g/mol. The first-order valence-electron chi connectivity index (χ1n) is 8.03. The Balaban J connectivity index is 2.05. The van der Waals surface area contributed by atoms with Crippen LogP contribution in [0.5, 0.6) is 5.75 Å². The van der Waals surface area contributed by atoms with Crippen molar-refractivity contribution in [2.24, 2.45) is 0 Å². The number of carbonyl (C=O) groups is 1. The topological polar surface area (TPSA) is 38.8 Å². The van der Waals surface area contributed by atoms with Gasteiger partial charge in [-0.05, 0) is 69.7 Å². The Morgan fingerprint density at radius 3 is 2.39 bits per heavy atom. The summed E-state index contributed by atoms with van der Waals surface area (Å²) in [5.74, 6) is 1.23. The molecule has 1 aliphatic heterocycles. The molecule has 2 rings (SSSR count). The van der Waals surface area contributed by atoms with Crippen molar-refractivity contribution in [3.8, 4) is 5.75 Å². The number of carbonyl (C=O) groups excluding carboxylic acids is 1.